The molecule has 1 saturated heterocycles. The van der Waals surface area contributed by atoms with Gasteiger partial charge >= 0.3 is 0 Å². The lowest BCUT2D eigenvalue weighted by atomic mass is 10.1. The van der Waals surface area contributed by atoms with Crippen LogP contribution in [0.2, 0.25) is 0 Å². The van der Waals surface area contributed by atoms with Crippen LogP contribution in [0.4, 0.5) is 0 Å². The smallest absolute Gasteiger partial charge is 0.193 e. The molecule has 2 rings (SSSR count). The quantitative estimate of drug-likeness (QED) is 0.389. The van der Waals surface area contributed by atoms with Gasteiger partial charge in [0, 0.05) is 59.7 Å². The van der Waals surface area contributed by atoms with Crippen LogP contribution in [0, 0.1) is 0 Å². The van der Waals surface area contributed by atoms with E-state index in [1.807, 2.05) is 17.9 Å². The highest BCUT2D eigenvalue weighted by Crippen LogP contribution is 2.14. The number of aryl methyl sites for hydroxylation is 2. The largest absolute Gasteiger partial charge is 0.385 e. The molecule has 0 aromatic carbocycles. The summed E-state index contributed by atoms with van der Waals surface area (Å²) in [7, 11) is 3.69. The molecule has 0 unspecified atom stereocenters. The van der Waals surface area contributed by atoms with Crippen LogP contribution in [0.5, 0.6) is 0 Å². The fourth-order valence-corrected chi connectivity index (χ4v) is 3.18. The average Bonchev–Trinajstić information content (AvgIpc) is 3.07. The molecule has 0 aliphatic carbocycles. The van der Waals surface area contributed by atoms with Gasteiger partial charge in [-0.05, 0) is 44.6 Å². The lowest BCUT2D eigenvalue weighted by Gasteiger charge is -2.34. The van der Waals surface area contributed by atoms with Crippen molar-refractivity contribution >= 4 is 5.96 Å². The van der Waals surface area contributed by atoms with Crippen LogP contribution < -0.4 is 5.32 Å². The van der Waals surface area contributed by atoms with Gasteiger partial charge < -0.3 is 19.7 Å². The number of aliphatic imine (C=N–C) groups is 1. The van der Waals surface area contributed by atoms with Gasteiger partial charge in [0.1, 0.15) is 0 Å². The van der Waals surface area contributed by atoms with Crippen LogP contribution in [-0.2, 0) is 22.9 Å². The zero-order valence-corrected chi connectivity index (χ0v) is 16.6. The van der Waals surface area contributed by atoms with Crippen LogP contribution >= 0.6 is 0 Å². The van der Waals surface area contributed by atoms with Crippen molar-refractivity contribution in [3.8, 4) is 0 Å². The number of nitrogens with zero attached hydrogens (tertiary/aromatic N) is 4. The predicted molar refractivity (Wildman–Crippen MR) is 105 cm³/mol. The molecule has 0 spiro atoms. The van der Waals surface area contributed by atoms with Gasteiger partial charge in [-0.3, -0.25) is 9.67 Å². The zero-order chi connectivity index (χ0) is 18.6. The lowest BCUT2D eigenvalue weighted by molar-refractivity contribution is 0.00990. The second-order valence-corrected chi connectivity index (χ2v) is 6.77. The Bertz CT molecular complexity index is 524. The minimum Gasteiger partial charge on any atom is -0.385 e. The molecule has 1 N–H and O–H groups in total. The highest BCUT2D eigenvalue weighted by Gasteiger charge is 2.21. The van der Waals surface area contributed by atoms with Gasteiger partial charge in [-0.15, -0.1) is 0 Å². The molecular weight excluding hydrogens is 330 g/mol. The summed E-state index contributed by atoms with van der Waals surface area (Å²) in [5.74, 6) is 1.04. The van der Waals surface area contributed by atoms with E-state index in [-0.39, 0.29) is 0 Å². The van der Waals surface area contributed by atoms with E-state index in [1.54, 1.807) is 7.11 Å². The van der Waals surface area contributed by atoms with Crippen molar-refractivity contribution in [2.45, 2.75) is 45.1 Å². The first-order valence-electron chi connectivity index (χ1n) is 9.84. The number of rotatable bonds is 10. The molecule has 1 aliphatic rings. The SMILES string of the molecule is CCNC(=NCCCc1cnn(C)c1)N1CCC(OCCCOC)CC1. The number of guanidine groups is 1. The van der Waals surface area contributed by atoms with Crippen molar-refractivity contribution in [1.82, 2.24) is 20.0 Å². The van der Waals surface area contributed by atoms with Gasteiger partial charge in [-0.2, -0.15) is 5.10 Å². The van der Waals surface area contributed by atoms with E-state index in [1.165, 1.54) is 5.56 Å². The summed E-state index contributed by atoms with van der Waals surface area (Å²) in [6.07, 6.45) is 9.54. The third-order valence-corrected chi connectivity index (χ3v) is 4.57. The Hall–Kier alpha value is -1.60. The molecule has 26 heavy (non-hydrogen) atoms. The molecule has 148 valence electrons. The summed E-state index contributed by atoms with van der Waals surface area (Å²) in [4.78, 5) is 7.18. The summed E-state index contributed by atoms with van der Waals surface area (Å²) in [5, 5.41) is 7.65. The van der Waals surface area contributed by atoms with E-state index in [4.69, 9.17) is 14.5 Å². The molecule has 7 heteroatoms. The Morgan fingerprint density at radius 3 is 2.77 bits per heavy atom. The van der Waals surface area contributed by atoms with Crippen molar-refractivity contribution in [1.29, 1.82) is 0 Å². The van der Waals surface area contributed by atoms with Crippen LogP contribution in [0.15, 0.2) is 17.4 Å². The first-order valence-corrected chi connectivity index (χ1v) is 9.84. The lowest BCUT2D eigenvalue weighted by Crippen LogP contribution is -2.47. The Balaban J connectivity index is 1.71. The molecule has 7 nitrogen and oxygen atoms in total. The third kappa shape index (κ3) is 7.33. The van der Waals surface area contributed by atoms with Crippen molar-refractivity contribution in [2.75, 3.05) is 46.5 Å². The number of nitrogens with one attached hydrogen (secondary N) is 1. The van der Waals surface area contributed by atoms with Crippen molar-refractivity contribution in [3.05, 3.63) is 18.0 Å². The minimum absolute atomic E-state index is 0.372. The number of hydrogen-bond acceptors (Lipinski definition) is 4. The Kier molecular flexibility index (Phi) is 9.48. The fourth-order valence-electron chi connectivity index (χ4n) is 3.18. The zero-order valence-electron chi connectivity index (χ0n) is 16.6. The molecule has 0 bridgehead atoms. The Labute approximate surface area is 157 Å². The molecule has 1 aromatic heterocycles. The number of ether oxygens (including phenoxy) is 2. The second kappa shape index (κ2) is 11.9. The number of aromatic nitrogens is 2. The summed E-state index contributed by atoms with van der Waals surface area (Å²) < 4.78 is 12.9. The molecule has 1 aromatic rings. The van der Waals surface area contributed by atoms with Crippen LogP contribution in [0.25, 0.3) is 0 Å². The first kappa shape index (κ1) is 20.7. The van der Waals surface area contributed by atoms with E-state index in [0.717, 1.165) is 77.5 Å². The summed E-state index contributed by atoms with van der Waals surface area (Å²) in [6.45, 7) is 7.43. The summed E-state index contributed by atoms with van der Waals surface area (Å²) in [5.41, 5.74) is 1.28. The predicted octanol–water partition coefficient (Wildman–Crippen LogP) is 1.84. The first-order chi connectivity index (χ1) is 12.7. The molecule has 0 atom stereocenters. The molecule has 2 heterocycles. The number of methoxy groups -OCH3 is 1. The molecule has 0 radical (unpaired) electrons. The van der Waals surface area contributed by atoms with Gasteiger partial charge in [-0.1, -0.05) is 0 Å². The summed E-state index contributed by atoms with van der Waals surface area (Å²) in [6, 6.07) is 0. The molecule has 1 aliphatic heterocycles. The number of piperidine rings is 1. The second-order valence-electron chi connectivity index (χ2n) is 6.77. The highest BCUT2D eigenvalue weighted by molar-refractivity contribution is 5.80. The maximum absolute atomic E-state index is 5.95. The standard InChI is InChI=1S/C19H35N5O2/c1-4-20-19(21-10-5-7-17-15-22-23(2)16-17)24-11-8-18(9-12-24)26-14-6-13-25-3/h15-16,18H,4-14H2,1-3H3,(H,20,21). The number of hydrogen-bond donors (Lipinski definition) is 1. The van der Waals surface area contributed by atoms with Crippen LogP contribution in [-0.4, -0.2) is 73.2 Å². The van der Waals surface area contributed by atoms with Crippen molar-refractivity contribution < 1.29 is 9.47 Å². The minimum atomic E-state index is 0.372. The van der Waals surface area contributed by atoms with Gasteiger partial charge in [-0.25, -0.2) is 0 Å². The van der Waals surface area contributed by atoms with Crippen molar-refractivity contribution in [3.63, 3.8) is 0 Å². The van der Waals surface area contributed by atoms with Gasteiger partial charge in [0.15, 0.2) is 5.96 Å². The van der Waals surface area contributed by atoms with E-state index in [2.05, 4.69) is 28.4 Å². The monoisotopic (exact) mass is 365 g/mol. The molecule has 1 fully saturated rings. The molecular formula is C19H35N5O2. The molecule has 0 amide bonds. The maximum Gasteiger partial charge on any atom is 0.193 e. The van der Waals surface area contributed by atoms with Crippen LogP contribution in [0.3, 0.4) is 0 Å². The van der Waals surface area contributed by atoms with Gasteiger partial charge in [0.2, 0.25) is 0 Å². The van der Waals surface area contributed by atoms with E-state index in [0.29, 0.717) is 6.10 Å². The van der Waals surface area contributed by atoms with E-state index >= 15 is 0 Å². The number of likely N-dealkylation sites (tertiary alicyclic amines) is 1. The van der Waals surface area contributed by atoms with Crippen LogP contribution in [0.1, 0.15) is 38.2 Å². The van der Waals surface area contributed by atoms with Gasteiger partial charge in [0.25, 0.3) is 0 Å². The van der Waals surface area contributed by atoms with E-state index < -0.39 is 0 Å². The molecule has 0 saturated carbocycles. The van der Waals surface area contributed by atoms with Gasteiger partial charge in [0.05, 0.1) is 12.3 Å². The highest BCUT2D eigenvalue weighted by atomic mass is 16.5. The maximum atomic E-state index is 5.95. The van der Waals surface area contributed by atoms with Crippen molar-refractivity contribution in [2.24, 2.45) is 12.0 Å². The van der Waals surface area contributed by atoms with E-state index in [9.17, 15) is 0 Å². The Morgan fingerprint density at radius 1 is 1.31 bits per heavy atom. The topological polar surface area (TPSA) is 63.9 Å². The Morgan fingerprint density at radius 2 is 2.12 bits per heavy atom. The summed E-state index contributed by atoms with van der Waals surface area (Å²) >= 11 is 0. The third-order valence-electron chi connectivity index (χ3n) is 4.57. The average molecular weight is 366 g/mol. The normalized spacial score (nSPS) is 16.3. The fraction of sp³-hybridized carbons (Fsp3) is 0.789.